The molecule has 0 aromatic heterocycles. The van der Waals surface area contributed by atoms with E-state index in [4.69, 9.17) is 4.52 Å². The van der Waals surface area contributed by atoms with E-state index in [9.17, 15) is 14.4 Å². The third kappa shape index (κ3) is 4.30. The lowest BCUT2D eigenvalue weighted by molar-refractivity contribution is 0.0604. The molecule has 1 heterocycles. The van der Waals surface area contributed by atoms with Gasteiger partial charge in [-0.15, -0.1) is 0 Å². The molecule has 0 spiro atoms. The summed E-state index contributed by atoms with van der Waals surface area (Å²) < 4.78 is 16.4. The van der Waals surface area contributed by atoms with E-state index < -0.39 is 14.1 Å². The van der Waals surface area contributed by atoms with Crippen molar-refractivity contribution in [2.24, 2.45) is 4.99 Å². The summed E-state index contributed by atoms with van der Waals surface area (Å²) in [6.07, 6.45) is -0.142. The molecule has 1 rings (SSSR count). The summed E-state index contributed by atoms with van der Waals surface area (Å²) in [7, 11) is -4.58. The molecule has 0 amide bonds. The van der Waals surface area contributed by atoms with E-state index in [1.165, 1.54) is 0 Å². The highest BCUT2D eigenvalue weighted by Gasteiger charge is 2.36. The van der Waals surface area contributed by atoms with Crippen LogP contribution in [0, 0.1) is 0 Å². The van der Waals surface area contributed by atoms with Crippen molar-refractivity contribution in [3.63, 3.8) is 0 Å². The van der Waals surface area contributed by atoms with Crippen LogP contribution in [0.4, 0.5) is 0 Å². The number of guanidine groups is 1. The molecule has 0 radical (unpaired) electrons. The number of phosphoric ester groups is 1. The summed E-state index contributed by atoms with van der Waals surface area (Å²) in [6, 6.07) is 0. The van der Waals surface area contributed by atoms with Crippen molar-refractivity contribution in [2.75, 3.05) is 19.6 Å². The highest BCUT2D eigenvalue weighted by atomic mass is 31.2. The summed E-state index contributed by atoms with van der Waals surface area (Å²) in [5, 5.41) is 0. The Bertz CT molecular complexity index is 468. The van der Waals surface area contributed by atoms with Crippen molar-refractivity contribution in [1.29, 1.82) is 0 Å². The van der Waals surface area contributed by atoms with E-state index in [1.807, 2.05) is 34.6 Å². The van der Waals surface area contributed by atoms with E-state index in [0.717, 1.165) is 24.4 Å². The van der Waals surface area contributed by atoms with Crippen LogP contribution in [0.15, 0.2) is 16.3 Å². The van der Waals surface area contributed by atoms with E-state index >= 15 is 0 Å². The summed E-state index contributed by atoms with van der Waals surface area (Å²) in [4.78, 5) is 26.9. The van der Waals surface area contributed by atoms with Gasteiger partial charge in [0.25, 0.3) is 0 Å². The fourth-order valence-corrected chi connectivity index (χ4v) is 3.01. The second kappa shape index (κ2) is 7.40. The molecule has 0 bridgehead atoms. The number of hydrogen-bond donors (Lipinski definition) is 2. The Labute approximate surface area is 126 Å². The van der Waals surface area contributed by atoms with Crippen molar-refractivity contribution in [1.82, 2.24) is 9.80 Å². The van der Waals surface area contributed by atoms with Crippen LogP contribution in [-0.2, 0) is 9.09 Å². The normalized spacial score (nSPS) is 19.9. The van der Waals surface area contributed by atoms with Gasteiger partial charge in [-0.3, -0.25) is 4.52 Å². The maximum Gasteiger partial charge on any atom is 0.471 e. The lowest BCUT2D eigenvalue weighted by Gasteiger charge is -2.41. The second-order valence-corrected chi connectivity index (χ2v) is 5.97. The average molecular weight is 319 g/mol. The van der Waals surface area contributed by atoms with Gasteiger partial charge in [-0.25, -0.2) is 9.56 Å². The molecule has 0 saturated heterocycles. The molecule has 1 unspecified atom stereocenters. The van der Waals surface area contributed by atoms with Gasteiger partial charge in [-0.05, 0) is 34.1 Å². The number of aliphatic imine (C=N–C) groups is 1. The van der Waals surface area contributed by atoms with Crippen molar-refractivity contribution in [2.45, 2.75) is 47.3 Å². The third-order valence-electron chi connectivity index (χ3n) is 3.58. The van der Waals surface area contributed by atoms with Crippen molar-refractivity contribution in [3.8, 4) is 0 Å². The van der Waals surface area contributed by atoms with Crippen LogP contribution < -0.4 is 0 Å². The Morgan fingerprint density at radius 3 is 2.24 bits per heavy atom. The van der Waals surface area contributed by atoms with Crippen molar-refractivity contribution in [3.05, 3.63) is 11.3 Å². The zero-order valence-corrected chi connectivity index (χ0v) is 14.3. The highest BCUT2D eigenvalue weighted by Crippen LogP contribution is 2.42. The Hall–Kier alpha value is -0.880. The van der Waals surface area contributed by atoms with Gasteiger partial charge in [0.2, 0.25) is 5.96 Å². The number of nitrogens with zero attached hydrogens (tertiary/aromatic N) is 3. The number of rotatable bonds is 6. The van der Waals surface area contributed by atoms with Crippen LogP contribution in [-0.4, -0.2) is 51.4 Å². The SMILES string of the molecule is CCC1=C(C)N=C(N(CC)CC)N(CC)C1OP(=O)(O)O. The smallest absolute Gasteiger partial charge is 0.343 e. The minimum absolute atomic E-state index is 0.552. The molecule has 1 atom stereocenters. The second-order valence-electron chi connectivity index (χ2n) is 4.78. The minimum atomic E-state index is -4.58. The molecular formula is C13H26N3O4P. The fraction of sp³-hybridized carbons (Fsp3) is 0.769. The molecule has 21 heavy (non-hydrogen) atoms. The molecule has 0 aliphatic carbocycles. The lowest BCUT2D eigenvalue weighted by atomic mass is 10.1. The average Bonchev–Trinajstić information content (AvgIpc) is 2.38. The quantitative estimate of drug-likeness (QED) is 0.730. The fourth-order valence-electron chi connectivity index (χ4n) is 2.50. The van der Waals surface area contributed by atoms with E-state index in [-0.39, 0.29) is 0 Å². The standard InChI is InChI=1S/C13H26N3O4P/c1-6-11-10(5)14-13(15(7-2)8-3)16(9-4)12(11)20-21(17,18)19/h12H,6-9H2,1-5H3,(H2,17,18,19). The zero-order chi connectivity index (χ0) is 16.2. The van der Waals surface area contributed by atoms with Gasteiger partial charge in [0.05, 0.1) is 0 Å². The van der Waals surface area contributed by atoms with Crippen LogP contribution in [0.1, 0.15) is 41.0 Å². The molecule has 0 fully saturated rings. The lowest BCUT2D eigenvalue weighted by Crippen LogP contribution is -2.52. The molecular weight excluding hydrogens is 293 g/mol. The van der Waals surface area contributed by atoms with Gasteiger partial charge in [-0.1, -0.05) is 6.92 Å². The van der Waals surface area contributed by atoms with Crippen LogP contribution >= 0.6 is 7.82 Å². The van der Waals surface area contributed by atoms with Crippen molar-refractivity contribution < 1.29 is 18.9 Å². The minimum Gasteiger partial charge on any atom is -0.343 e. The van der Waals surface area contributed by atoms with Gasteiger partial charge in [0.15, 0.2) is 6.23 Å². The Kier molecular flexibility index (Phi) is 6.41. The largest absolute Gasteiger partial charge is 0.471 e. The van der Waals surface area contributed by atoms with Crippen LogP contribution in [0.25, 0.3) is 0 Å². The first-order chi connectivity index (χ1) is 9.78. The molecule has 1 aliphatic rings. The topological polar surface area (TPSA) is 85.6 Å². The Balaban J connectivity index is 3.29. The number of phosphoric acid groups is 1. The maximum atomic E-state index is 11.3. The maximum absolute atomic E-state index is 11.3. The van der Waals surface area contributed by atoms with Gasteiger partial charge in [0.1, 0.15) is 0 Å². The van der Waals surface area contributed by atoms with E-state index in [2.05, 4.69) is 9.89 Å². The van der Waals surface area contributed by atoms with Crippen molar-refractivity contribution >= 4 is 13.8 Å². The van der Waals surface area contributed by atoms with Crippen LogP contribution in [0.5, 0.6) is 0 Å². The van der Waals surface area contributed by atoms with Gasteiger partial charge >= 0.3 is 7.82 Å². The Morgan fingerprint density at radius 2 is 1.86 bits per heavy atom. The van der Waals surface area contributed by atoms with E-state index in [0.29, 0.717) is 18.9 Å². The summed E-state index contributed by atoms with van der Waals surface area (Å²) in [5.74, 6) is 0.704. The zero-order valence-electron chi connectivity index (χ0n) is 13.4. The van der Waals surface area contributed by atoms with Gasteiger partial charge < -0.3 is 19.6 Å². The number of likely N-dealkylation sites (N-methyl/N-ethyl adjacent to an activating group) is 1. The van der Waals surface area contributed by atoms with Crippen LogP contribution in [0.2, 0.25) is 0 Å². The summed E-state index contributed by atoms with van der Waals surface area (Å²) in [6.45, 7) is 11.8. The van der Waals surface area contributed by atoms with Crippen LogP contribution in [0.3, 0.4) is 0 Å². The Morgan fingerprint density at radius 1 is 1.29 bits per heavy atom. The molecule has 1 aliphatic heterocycles. The predicted molar refractivity (Wildman–Crippen MR) is 82.6 cm³/mol. The first-order valence-electron chi connectivity index (χ1n) is 7.32. The monoisotopic (exact) mass is 319 g/mol. The predicted octanol–water partition coefficient (Wildman–Crippen LogP) is 2.14. The molecule has 0 aromatic rings. The molecule has 8 heteroatoms. The third-order valence-corrected chi connectivity index (χ3v) is 4.05. The first-order valence-corrected chi connectivity index (χ1v) is 8.85. The molecule has 0 aromatic carbocycles. The molecule has 7 nitrogen and oxygen atoms in total. The highest BCUT2D eigenvalue weighted by molar-refractivity contribution is 7.46. The number of allylic oxidation sites excluding steroid dienone is 1. The van der Waals surface area contributed by atoms with Gasteiger partial charge in [0, 0.05) is 30.9 Å². The van der Waals surface area contributed by atoms with E-state index in [1.54, 1.807) is 4.90 Å². The van der Waals surface area contributed by atoms with Gasteiger partial charge in [-0.2, -0.15) is 0 Å². The molecule has 0 saturated carbocycles. The molecule has 2 N–H and O–H groups in total. The number of hydrogen-bond acceptors (Lipinski definition) is 5. The summed E-state index contributed by atoms with van der Waals surface area (Å²) >= 11 is 0. The summed E-state index contributed by atoms with van der Waals surface area (Å²) in [5.41, 5.74) is 1.57. The first kappa shape index (κ1) is 18.2. The molecule has 122 valence electrons.